The van der Waals surface area contributed by atoms with Crippen molar-refractivity contribution in [3.63, 3.8) is 0 Å². The second-order valence-corrected chi connectivity index (χ2v) is 11.3. The van der Waals surface area contributed by atoms with Crippen molar-refractivity contribution in [3.8, 4) is 0 Å². The first-order chi connectivity index (χ1) is 19.9. The van der Waals surface area contributed by atoms with Crippen molar-refractivity contribution in [2.45, 2.75) is 0 Å². The summed E-state index contributed by atoms with van der Waals surface area (Å²) < 4.78 is 5.04. The summed E-state index contributed by atoms with van der Waals surface area (Å²) in [6.45, 7) is 0. The molecule has 11 aromatic rings. The molecule has 0 amide bonds. The first-order valence-electron chi connectivity index (χ1n) is 14.0. The van der Waals surface area contributed by atoms with Crippen LogP contribution in [-0.4, -0.2) is 8.80 Å². The van der Waals surface area contributed by atoms with Gasteiger partial charge in [0.05, 0.1) is 33.1 Å². The lowest BCUT2D eigenvalue weighted by Crippen LogP contribution is -1.84. The Hall–Kier alpha value is -5.34. The van der Waals surface area contributed by atoms with Crippen LogP contribution in [0.3, 0.4) is 0 Å². The normalized spacial score (nSPS) is 13.0. The molecule has 0 atom stereocenters. The Morgan fingerprint density at radius 2 is 0.975 bits per heavy atom. The van der Waals surface area contributed by atoms with Gasteiger partial charge in [0.25, 0.3) is 0 Å². The van der Waals surface area contributed by atoms with Gasteiger partial charge in [0.1, 0.15) is 0 Å². The quantitative estimate of drug-likeness (QED) is 0.194. The first-order valence-corrected chi connectivity index (χ1v) is 14.0. The molecule has 11 rings (SSSR count). The van der Waals surface area contributed by atoms with Crippen LogP contribution < -0.4 is 0 Å². The van der Waals surface area contributed by atoms with Gasteiger partial charge in [0.15, 0.2) is 0 Å². The molecule has 0 saturated carbocycles. The predicted octanol–water partition coefficient (Wildman–Crippen LogP) is 10.3. The Kier molecular flexibility index (Phi) is 3.17. The second kappa shape index (κ2) is 6.44. The van der Waals surface area contributed by atoms with E-state index in [-0.39, 0.29) is 0 Å². The van der Waals surface area contributed by atoms with E-state index in [1.807, 2.05) is 0 Å². The fourth-order valence-electron chi connectivity index (χ4n) is 7.98. The lowest BCUT2D eigenvalue weighted by molar-refractivity contribution is 1.35. The summed E-state index contributed by atoms with van der Waals surface area (Å²) >= 11 is 0. The fraction of sp³-hybridized carbons (Fsp3) is 0. The Morgan fingerprint density at radius 1 is 0.300 bits per heavy atom. The van der Waals surface area contributed by atoms with E-state index in [1.54, 1.807) is 0 Å². The van der Waals surface area contributed by atoms with Crippen molar-refractivity contribution < 1.29 is 0 Å². The molecule has 182 valence electrons. The number of rotatable bonds is 0. The van der Waals surface area contributed by atoms with Gasteiger partial charge in [-0.25, -0.2) is 0 Å². The highest BCUT2D eigenvalue weighted by Crippen LogP contribution is 2.47. The standard InChI is InChI=1S/C38H20N2/c1-3-10-23-21(8-1)16-17-32-35(23)27-14-7-13-26-28-19-30-34(20-33(28)40(32)37(26)27)39-31-15-6-5-12-25(31)29-18-22-9-2-4-11-24(22)36(30)38(29)39/h1-20H. The van der Waals surface area contributed by atoms with Crippen LogP contribution in [0.4, 0.5) is 0 Å². The average molecular weight is 505 g/mol. The van der Waals surface area contributed by atoms with Crippen molar-refractivity contribution >= 4 is 97.7 Å². The van der Waals surface area contributed by atoms with E-state index in [9.17, 15) is 0 Å². The van der Waals surface area contributed by atoms with Crippen molar-refractivity contribution in [1.82, 2.24) is 8.80 Å². The maximum absolute atomic E-state index is 2.52. The van der Waals surface area contributed by atoms with Crippen LogP contribution in [0.2, 0.25) is 0 Å². The van der Waals surface area contributed by atoms with Crippen molar-refractivity contribution in [2.75, 3.05) is 0 Å². The molecule has 7 aromatic carbocycles. The van der Waals surface area contributed by atoms with Gasteiger partial charge in [0.2, 0.25) is 0 Å². The Balaban J connectivity index is 1.46. The molecule has 2 heteroatoms. The van der Waals surface area contributed by atoms with E-state index in [1.165, 1.54) is 97.7 Å². The van der Waals surface area contributed by atoms with Crippen LogP contribution in [0.1, 0.15) is 0 Å². The van der Waals surface area contributed by atoms with E-state index >= 15 is 0 Å². The fourth-order valence-corrected chi connectivity index (χ4v) is 7.98. The summed E-state index contributed by atoms with van der Waals surface area (Å²) in [6.07, 6.45) is 0. The zero-order chi connectivity index (χ0) is 25.7. The lowest BCUT2D eigenvalue weighted by atomic mass is 9.99. The third-order valence-electron chi connectivity index (χ3n) is 9.51. The zero-order valence-electron chi connectivity index (χ0n) is 21.4. The van der Waals surface area contributed by atoms with Gasteiger partial charge in [-0.1, -0.05) is 91.0 Å². The number of nitrogens with zero attached hydrogens (tertiary/aromatic N) is 2. The smallest absolute Gasteiger partial charge is 0.0626 e. The van der Waals surface area contributed by atoms with Gasteiger partial charge in [-0.2, -0.15) is 0 Å². The average Bonchev–Trinajstić information content (AvgIpc) is 3.72. The van der Waals surface area contributed by atoms with Crippen LogP contribution in [-0.2, 0) is 0 Å². The van der Waals surface area contributed by atoms with Gasteiger partial charge >= 0.3 is 0 Å². The molecule has 40 heavy (non-hydrogen) atoms. The Bertz CT molecular complexity index is 2860. The summed E-state index contributed by atoms with van der Waals surface area (Å²) in [7, 11) is 0. The highest BCUT2D eigenvalue weighted by molar-refractivity contribution is 6.34. The van der Waals surface area contributed by atoms with Crippen molar-refractivity contribution in [2.24, 2.45) is 0 Å². The van der Waals surface area contributed by atoms with Gasteiger partial charge in [-0.05, 0) is 51.9 Å². The number of hydrogen-bond acceptors (Lipinski definition) is 0. The molecule has 4 aromatic heterocycles. The predicted molar refractivity (Wildman–Crippen MR) is 171 cm³/mol. The molecule has 0 aliphatic carbocycles. The molecule has 0 bridgehead atoms. The van der Waals surface area contributed by atoms with E-state index < -0.39 is 0 Å². The maximum Gasteiger partial charge on any atom is 0.0626 e. The second-order valence-electron chi connectivity index (χ2n) is 11.3. The largest absolute Gasteiger partial charge is 0.308 e. The summed E-state index contributed by atoms with van der Waals surface area (Å²) in [4.78, 5) is 0. The monoisotopic (exact) mass is 504 g/mol. The van der Waals surface area contributed by atoms with Crippen LogP contribution >= 0.6 is 0 Å². The molecule has 0 N–H and O–H groups in total. The number of hydrogen-bond donors (Lipinski definition) is 0. The van der Waals surface area contributed by atoms with Gasteiger partial charge in [0, 0.05) is 43.1 Å². The minimum Gasteiger partial charge on any atom is -0.308 e. The molecule has 0 aliphatic rings. The van der Waals surface area contributed by atoms with Gasteiger partial charge in [-0.3, -0.25) is 0 Å². The minimum atomic E-state index is 1.27. The summed E-state index contributed by atoms with van der Waals surface area (Å²) in [5.41, 5.74) is 7.77. The third kappa shape index (κ3) is 2.04. The molecule has 2 nitrogen and oxygen atoms in total. The summed E-state index contributed by atoms with van der Waals surface area (Å²) in [5, 5.41) is 15.9. The number of para-hydroxylation sites is 2. The van der Waals surface area contributed by atoms with E-state index in [0.717, 1.165) is 0 Å². The maximum atomic E-state index is 2.52. The zero-order valence-corrected chi connectivity index (χ0v) is 21.4. The topological polar surface area (TPSA) is 8.82 Å². The third-order valence-corrected chi connectivity index (χ3v) is 9.51. The van der Waals surface area contributed by atoms with Gasteiger partial charge in [-0.15, -0.1) is 0 Å². The number of aromatic nitrogens is 2. The first kappa shape index (κ1) is 19.7. The van der Waals surface area contributed by atoms with Crippen LogP contribution in [0.25, 0.3) is 97.7 Å². The van der Waals surface area contributed by atoms with E-state index in [0.29, 0.717) is 0 Å². The molecule has 0 fully saturated rings. The SMILES string of the molecule is c1ccc2c(c1)ccc1c2c2cccc3c4cc5c6c7ccccc7cc7c8ccccc8n(c5cc4n1c32)c76. The molecule has 0 spiro atoms. The molecular formula is C38H20N2. The highest BCUT2D eigenvalue weighted by atomic mass is 14.9. The summed E-state index contributed by atoms with van der Waals surface area (Å²) in [6, 6.07) is 45.3. The van der Waals surface area contributed by atoms with Crippen molar-refractivity contribution in [1.29, 1.82) is 0 Å². The summed E-state index contributed by atoms with van der Waals surface area (Å²) in [5.74, 6) is 0. The van der Waals surface area contributed by atoms with E-state index in [2.05, 4.69) is 130 Å². The highest BCUT2D eigenvalue weighted by Gasteiger charge is 2.23. The van der Waals surface area contributed by atoms with Crippen molar-refractivity contribution in [3.05, 3.63) is 121 Å². The molecule has 0 unspecified atom stereocenters. The van der Waals surface area contributed by atoms with Crippen LogP contribution in [0.15, 0.2) is 121 Å². The molecule has 0 radical (unpaired) electrons. The molecule has 0 aliphatic heterocycles. The molecule has 0 saturated heterocycles. The van der Waals surface area contributed by atoms with Crippen LogP contribution in [0.5, 0.6) is 0 Å². The van der Waals surface area contributed by atoms with Crippen LogP contribution in [0, 0.1) is 0 Å². The molecule has 4 heterocycles. The van der Waals surface area contributed by atoms with E-state index in [4.69, 9.17) is 0 Å². The Morgan fingerprint density at radius 3 is 1.88 bits per heavy atom. The molecular weight excluding hydrogens is 484 g/mol. The minimum absolute atomic E-state index is 1.27. The number of benzene rings is 7. The lowest BCUT2D eigenvalue weighted by Gasteiger charge is -2.04. The number of fused-ring (bicyclic) bond motifs is 16. The Labute approximate surface area is 227 Å². The van der Waals surface area contributed by atoms with Gasteiger partial charge < -0.3 is 8.80 Å².